The van der Waals surface area contributed by atoms with Gasteiger partial charge in [0.25, 0.3) is 0 Å². The maximum Gasteiger partial charge on any atom is 0.188 e. The van der Waals surface area contributed by atoms with Gasteiger partial charge in [-0.05, 0) is 44.4 Å². The lowest BCUT2D eigenvalue weighted by Crippen LogP contribution is -1.99. The number of benzene rings is 2. The van der Waals surface area contributed by atoms with Crippen LogP contribution >= 0.6 is 15.9 Å². The lowest BCUT2D eigenvalue weighted by molar-refractivity contribution is 0.0507. The SMILES string of the molecule is COCOc1ccc2ccc(CO)cc2c1Br. The molecule has 0 unspecified atom stereocenters. The van der Waals surface area contributed by atoms with Crippen LogP contribution in [0.1, 0.15) is 5.56 Å². The van der Waals surface area contributed by atoms with E-state index in [9.17, 15) is 0 Å². The van der Waals surface area contributed by atoms with Gasteiger partial charge in [0.2, 0.25) is 0 Å². The summed E-state index contributed by atoms with van der Waals surface area (Å²) in [7, 11) is 1.58. The maximum atomic E-state index is 9.13. The first-order valence-corrected chi connectivity index (χ1v) is 5.99. The van der Waals surface area contributed by atoms with Crippen LogP contribution in [-0.2, 0) is 11.3 Å². The Kier molecular flexibility index (Phi) is 3.99. The Morgan fingerprint density at radius 2 is 2.00 bits per heavy atom. The number of aliphatic hydroxyl groups excluding tert-OH is 1. The summed E-state index contributed by atoms with van der Waals surface area (Å²) in [6.45, 7) is 0.245. The van der Waals surface area contributed by atoms with Gasteiger partial charge in [0, 0.05) is 7.11 Å². The predicted octanol–water partition coefficient (Wildman–Crippen LogP) is 3.08. The summed E-state index contributed by atoms with van der Waals surface area (Å²) in [5.74, 6) is 0.731. The van der Waals surface area contributed by atoms with Crippen molar-refractivity contribution in [2.75, 3.05) is 13.9 Å². The van der Waals surface area contributed by atoms with Crippen LogP contribution in [0.5, 0.6) is 5.75 Å². The van der Waals surface area contributed by atoms with E-state index in [0.717, 1.165) is 26.6 Å². The number of hydrogen-bond acceptors (Lipinski definition) is 3. The van der Waals surface area contributed by atoms with Gasteiger partial charge >= 0.3 is 0 Å². The number of ether oxygens (including phenoxy) is 2. The minimum atomic E-state index is 0.0333. The van der Waals surface area contributed by atoms with E-state index in [1.165, 1.54) is 0 Å². The van der Waals surface area contributed by atoms with Crippen LogP contribution in [-0.4, -0.2) is 19.0 Å². The van der Waals surface area contributed by atoms with Crippen LogP contribution in [0.4, 0.5) is 0 Å². The molecule has 1 N–H and O–H groups in total. The van der Waals surface area contributed by atoms with Gasteiger partial charge in [-0.1, -0.05) is 18.2 Å². The van der Waals surface area contributed by atoms with Gasteiger partial charge in [-0.3, -0.25) is 0 Å². The lowest BCUT2D eigenvalue weighted by Gasteiger charge is -2.10. The van der Waals surface area contributed by atoms with Crippen molar-refractivity contribution in [3.05, 3.63) is 40.4 Å². The first kappa shape index (κ1) is 12.4. The molecule has 2 aromatic rings. The van der Waals surface area contributed by atoms with Crippen molar-refractivity contribution in [1.82, 2.24) is 0 Å². The fraction of sp³-hybridized carbons (Fsp3) is 0.231. The number of methoxy groups -OCH3 is 1. The molecule has 3 nitrogen and oxygen atoms in total. The smallest absolute Gasteiger partial charge is 0.188 e. The van der Waals surface area contributed by atoms with Gasteiger partial charge in [-0.15, -0.1) is 0 Å². The molecule has 0 amide bonds. The monoisotopic (exact) mass is 296 g/mol. The molecular formula is C13H13BrO3. The molecule has 0 aromatic heterocycles. The second-order valence-electron chi connectivity index (χ2n) is 3.64. The van der Waals surface area contributed by atoms with E-state index in [2.05, 4.69) is 15.9 Å². The maximum absolute atomic E-state index is 9.13. The van der Waals surface area contributed by atoms with E-state index in [-0.39, 0.29) is 13.4 Å². The van der Waals surface area contributed by atoms with Gasteiger partial charge < -0.3 is 14.6 Å². The average molecular weight is 297 g/mol. The average Bonchev–Trinajstić information content (AvgIpc) is 2.38. The second kappa shape index (κ2) is 5.49. The summed E-state index contributed by atoms with van der Waals surface area (Å²) >= 11 is 3.51. The molecule has 0 aliphatic carbocycles. The zero-order valence-corrected chi connectivity index (χ0v) is 11.0. The molecule has 17 heavy (non-hydrogen) atoms. The Balaban J connectivity index is 2.48. The van der Waals surface area contributed by atoms with Crippen molar-refractivity contribution >= 4 is 26.7 Å². The van der Waals surface area contributed by atoms with E-state index >= 15 is 0 Å². The quantitative estimate of drug-likeness (QED) is 0.881. The van der Waals surface area contributed by atoms with E-state index < -0.39 is 0 Å². The molecule has 4 heteroatoms. The Labute approximate surface area is 108 Å². The van der Waals surface area contributed by atoms with Crippen molar-refractivity contribution in [1.29, 1.82) is 0 Å². The van der Waals surface area contributed by atoms with E-state index in [4.69, 9.17) is 14.6 Å². The van der Waals surface area contributed by atoms with Gasteiger partial charge in [0.1, 0.15) is 5.75 Å². The van der Waals surface area contributed by atoms with Crippen LogP contribution in [0.25, 0.3) is 10.8 Å². The molecule has 0 fully saturated rings. The molecule has 90 valence electrons. The second-order valence-corrected chi connectivity index (χ2v) is 4.44. The summed E-state index contributed by atoms with van der Waals surface area (Å²) in [5, 5.41) is 11.2. The minimum Gasteiger partial charge on any atom is -0.466 e. The van der Waals surface area contributed by atoms with Crippen molar-refractivity contribution < 1.29 is 14.6 Å². The van der Waals surface area contributed by atoms with Gasteiger partial charge in [0.05, 0.1) is 11.1 Å². The summed E-state index contributed by atoms with van der Waals surface area (Å²) in [6.07, 6.45) is 0. The van der Waals surface area contributed by atoms with E-state index in [1.54, 1.807) is 7.11 Å². The number of halogens is 1. The summed E-state index contributed by atoms with van der Waals surface area (Å²) in [4.78, 5) is 0. The van der Waals surface area contributed by atoms with Crippen LogP contribution < -0.4 is 4.74 Å². The molecule has 2 aromatic carbocycles. The topological polar surface area (TPSA) is 38.7 Å². The highest BCUT2D eigenvalue weighted by molar-refractivity contribution is 9.10. The van der Waals surface area contributed by atoms with Crippen LogP contribution in [0.2, 0.25) is 0 Å². The molecule has 0 bridgehead atoms. The first-order valence-electron chi connectivity index (χ1n) is 5.20. The Morgan fingerprint density at radius 1 is 1.24 bits per heavy atom. The van der Waals surface area contributed by atoms with E-state index in [0.29, 0.717) is 0 Å². The zero-order valence-electron chi connectivity index (χ0n) is 9.44. The largest absolute Gasteiger partial charge is 0.466 e. The van der Waals surface area contributed by atoms with Crippen LogP contribution in [0.15, 0.2) is 34.8 Å². The minimum absolute atomic E-state index is 0.0333. The first-order chi connectivity index (χ1) is 8.26. The molecule has 0 atom stereocenters. The molecule has 0 saturated carbocycles. The number of aliphatic hydroxyl groups is 1. The summed E-state index contributed by atoms with van der Waals surface area (Å²) in [6, 6.07) is 9.70. The van der Waals surface area contributed by atoms with Gasteiger partial charge in [0.15, 0.2) is 6.79 Å². The summed E-state index contributed by atoms with van der Waals surface area (Å²) < 4.78 is 11.2. The standard InChI is InChI=1S/C13H13BrO3/c1-16-8-17-12-5-4-10-3-2-9(7-15)6-11(10)13(12)14/h2-6,15H,7-8H2,1H3. The highest BCUT2D eigenvalue weighted by Crippen LogP contribution is 2.33. The molecule has 0 heterocycles. The molecule has 0 aliphatic heterocycles. The van der Waals surface area contributed by atoms with Crippen LogP contribution in [0.3, 0.4) is 0 Å². The van der Waals surface area contributed by atoms with Crippen molar-refractivity contribution in [2.24, 2.45) is 0 Å². The highest BCUT2D eigenvalue weighted by Gasteiger charge is 2.06. The molecule has 0 spiro atoms. The number of rotatable bonds is 4. The fourth-order valence-electron chi connectivity index (χ4n) is 1.64. The van der Waals surface area contributed by atoms with Gasteiger partial charge in [-0.25, -0.2) is 0 Å². The van der Waals surface area contributed by atoms with E-state index in [1.807, 2.05) is 30.3 Å². The van der Waals surface area contributed by atoms with Gasteiger partial charge in [-0.2, -0.15) is 0 Å². The third-order valence-electron chi connectivity index (χ3n) is 2.50. The van der Waals surface area contributed by atoms with Crippen molar-refractivity contribution in [3.63, 3.8) is 0 Å². The third-order valence-corrected chi connectivity index (χ3v) is 3.32. The zero-order chi connectivity index (χ0) is 12.3. The normalized spacial score (nSPS) is 10.8. The number of fused-ring (bicyclic) bond motifs is 1. The number of hydrogen-bond donors (Lipinski definition) is 1. The van der Waals surface area contributed by atoms with Crippen molar-refractivity contribution in [2.45, 2.75) is 6.61 Å². The molecule has 0 radical (unpaired) electrons. The van der Waals surface area contributed by atoms with Crippen LogP contribution in [0, 0.1) is 0 Å². The predicted molar refractivity (Wildman–Crippen MR) is 70.1 cm³/mol. The molecular weight excluding hydrogens is 284 g/mol. The molecule has 0 aliphatic rings. The van der Waals surface area contributed by atoms with Crippen molar-refractivity contribution in [3.8, 4) is 5.75 Å². The Morgan fingerprint density at radius 3 is 2.71 bits per heavy atom. The fourth-order valence-corrected chi connectivity index (χ4v) is 2.23. The molecule has 0 saturated heterocycles. The summed E-state index contributed by atoms with van der Waals surface area (Å²) in [5.41, 5.74) is 0.877. The third kappa shape index (κ3) is 2.60. The Bertz CT molecular complexity index is 525. The lowest BCUT2D eigenvalue weighted by atomic mass is 10.1. The molecule has 2 rings (SSSR count). The highest BCUT2D eigenvalue weighted by atomic mass is 79.9. The Hall–Kier alpha value is -1.10.